The fourth-order valence-corrected chi connectivity index (χ4v) is 1.59. The lowest BCUT2D eigenvalue weighted by Crippen LogP contribution is -2.35. The van der Waals surface area contributed by atoms with E-state index in [-0.39, 0.29) is 0 Å². The molecule has 0 saturated carbocycles. The molecule has 2 heterocycles. The van der Waals surface area contributed by atoms with Crippen molar-refractivity contribution in [2.24, 2.45) is 7.05 Å². The highest BCUT2D eigenvalue weighted by Crippen LogP contribution is 2.08. The number of ether oxygens (including phenoxy) is 1. The van der Waals surface area contributed by atoms with Crippen molar-refractivity contribution < 1.29 is 4.74 Å². The van der Waals surface area contributed by atoms with Gasteiger partial charge in [0.2, 0.25) is 0 Å². The third-order valence-electron chi connectivity index (χ3n) is 2.50. The number of hydrogen-bond donors (Lipinski definition) is 1. The highest BCUT2D eigenvalue weighted by Gasteiger charge is 2.13. The number of hydrogen-bond acceptors (Lipinski definition) is 4. The van der Waals surface area contributed by atoms with Crippen LogP contribution in [-0.4, -0.2) is 34.0 Å². The lowest BCUT2D eigenvalue weighted by molar-refractivity contribution is 0.0206. The summed E-state index contributed by atoms with van der Waals surface area (Å²) in [4.78, 5) is 0. The Kier molecular flexibility index (Phi) is 3.10. The van der Waals surface area contributed by atoms with Crippen LogP contribution in [0.4, 0.5) is 0 Å². The molecule has 1 aromatic heterocycles. The zero-order valence-corrected chi connectivity index (χ0v) is 8.44. The minimum absolute atomic E-state index is 0.334. The van der Waals surface area contributed by atoms with E-state index >= 15 is 0 Å². The first-order valence-electron chi connectivity index (χ1n) is 5.01. The first kappa shape index (κ1) is 9.61. The van der Waals surface area contributed by atoms with Crippen molar-refractivity contribution in [3.63, 3.8) is 0 Å². The SMILES string of the molecule is Cn1cnnc1COC1CCCNC1. The summed E-state index contributed by atoms with van der Waals surface area (Å²) in [6, 6.07) is 0. The van der Waals surface area contributed by atoms with Crippen LogP contribution in [0.3, 0.4) is 0 Å². The van der Waals surface area contributed by atoms with Crippen molar-refractivity contribution in [2.75, 3.05) is 13.1 Å². The van der Waals surface area contributed by atoms with Crippen LogP contribution in [-0.2, 0) is 18.4 Å². The highest BCUT2D eigenvalue weighted by molar-refractivity contribution is 4.81. The minimum Gasteiger partial charge on any atom is -0.369 e. The van der Waals surface area contributed by atoms with E-state index in [0.29, 0.717) is 12.7 Å². The van der Waals surface area contributed by atoms with E-state index in [1.807, 2.05) is 11.6 Å². The maximum absolute atomic E-state index is 5.72. The van der Waals surface area contributed by atoms with Crippen LogP contribution in [0.1, 0.15) is 18.7 Å². The van der Waals surface area contributed by atoms with Crippen LogP contribution in [0.15, 0.2) is 6.33 Å². The van der Waals surface area contributed by atoms with Gasteiger partial charge in [-0.3, -0.25) is 0 Å². The van der Waals surface area contributed by atoms with Crippen LogP contribution in [0.25, 0.3) is 0 Å². The molecule has 1 aliphatic rings. The highest BCUT2D eigenvalue weighted by atomic mass is 16.5. The van der Waals surface area contributed by atoms with Gasteiger partial charge in [-0.25, -0.2) is 0 Å². The van der Waals surface area contributed by atoms with E-state index in [2.05, 4.69) is 15.5 Å². The Hall–Kier alpha value is -0.940. The van der Waals surface area contributed by atoms with E-state index in [4.69, 9.17) is 4.74 Å². The average Bonchev–Trinajstić information content (AvgIpc) is 2.63. The van der Waals surface area contributed by atoms with Gasteiger partial charge in [-0.05, 0) is 19.4 Å². The molecule has 0 radical (unpaired) electrons. The maximum atomic E-state index is 5.72. The fourth-order valence-electron chi connectivity index (χ4n) is 1.59. The number of piperidine rings is 1. The van der Waals surface area contributed by atoms with Gasteiger partial charge in [0.1, 0.15) is 12.9 Å². The zero-order chi connectivity index (χ0) is 9.80. The quantitative estimate of drug-likeness (QED) is 0.744. The van der Waals surface area contributed by atoms with Gasteiger partial charge < -0.3 is 14.6 Å². The van der Waals surface area contributed by atoms with Crippen molar-refractivity contribution in [3.8, 4) is 0 Å². The topological polar surface area (TPSA) is 52.0 Å². The van der Waals surface area contributed by atoms with Crippen molar-refractivity contribution in [2.45, 2.75) is 25.6 Å². The van der Waals surface area contributed by atoms with Crippen LogP contribution >= 0.6 is 0 Å². The van der Waals surface area contributed by atoms with E-state index < -0.39 is 0 Å². The summed E-state index contributed by atoms with van der Waals surface area (Å²) in [7, 11) is 1.93. The molecule has 1 aromatic rings. The molecule has 1 fully saturated rings. The summed E-state index contributed by atoms with van der Waals surface area (Å²) in [5.74, 6) is 0.885. The molecule has 1 unspecified atom stereocenters. The maximum Gasteiger partial charge on any atom is 0.158 e. The fraction of sp³-hybridized carbons (Fsp3) is 0.778. The van der Waals surface area contributed by atoms with Crippen LogP contribution in [0.5, 0.6) is 0 Å². The minimum atomic E-state index is 0.334. The third kappa shape index (κ3) is 2.30. The summed E-state index contributed by atoms with van der Waals surface area (Å²) < 4.78 is 7.61. The first-order valence-corrected chi connectivity index (χ1v) is 5.01. The second kappa shape index (κ2) is 4.52. The normalized spacial score (nSPS) is 22.5. The number of nitrogens with zero attached hydrogens (tertiary/aromatic N) is 3. The molecule has 1 N–H and O–H groups in total. The van der Waals surface area contributed by atoms with Gasteiger partial charge in [-0.1, -0.05) is 0 Å². The Balaban J connectivity index is 1.79. The van der Waals surface area contributed by atoms with Crippen molar-refractivity contribution >= 4 is 0 Å². The molecule has 0 amide bonds. The van der Waals surface area contributed by atoms with Crippen molar-refractivity contribution in [1.29, 1.82) is 0 Å². The molecule has 1 aliphatic heterocycles. The van der Waals surface area contributed by atoms with Crippen LogP contribution in [0, 0.1) is 0 Å². The summed E-state index contributed by atoms with van der Waals surface area (Å²) in [6.07, 6.45) is 4.37. The lowest BCUT2D eigenvalue weighted by atomic mass is 10.1. The molecule has 14 heavy (non-hydrogen) atoms. The third-order valence-corrected chi connectivity index (χ3v) is 2.50. The zero-order valence-electron chi connectivity index (χ0n) is 8.44. The second-order valence-corrected chi connectivity index (χ2v) is 3.64. The Morgan fingerprint density at radius 2 is 2.64 bits per heavy atom. The molecule has 1 saturated heterocycles. The van der Waals surface area contributed by atoms with Gasteiger partial charge in [0, 0.05) is 13.6 Å². The monoisotopic (exact) mass is 196 g/mol. The van der Waals surface area contributed by atoms with Crippen LogP contribution in [0.2, 0.25) is 0 Å². The number of aryl methyl sites for hydroxylation is 1. The Bertz CT molecular complexity index is 280. The summed E-state index contributed by atoms with van der Waals surface area (Å²) in [5.41, 5.74) is 0. The summed E-state index contributed by atoms with van der Waals surface area (Å²) in [5, 5.41) is 11.1. The summed E-state index contributed by atoms with van der Waals surface area (Å²) >= 11 is 0. The van der Waals surface area contributed by atoms with Crippen molar-refractivity contribution in [1.82, 2.24) is 20.1 Å². The molecule has 0 aliphatic carbocycles. The van der Waals surface area contributed by atoms with Gasteiger partial charge in [0.05, 0.1) is 6.10 Å². The molecule has 78 valence electrons. The first-order chi connectivity index (χ1) is 6.86. The lowest BCUT2D eigenvalue weighted by Gasteiger charge is -2.22. The summed E-state index contributed by atoms with van der Waals surface area (Å²) in [6.45, 7) is 2.63. The molecular formula is C9H16N4O. The van der Waals surface area contributed by atoms with Crippen LogP contribution < -0.4 is 5.32 Å². The number of rotatable bonds is 3. The molecule has 0 aromatic carbocycles. The number of aromatic nitrogens is 3. The average molecular weight is 196 g/mol. The smallest absolute Gasteiger partial charge is 0.158 e. The Morgan fingerprint density at radius 3 is 3.29 bits per heavy atom. The van der Waals surface area contributed by atoms with E-state index in [1.165, 1.54) is 6.42 Å². The predicted molar refractivity (Wildman–Crippen MR) is 51.7 cm³/mol. The molecule has 5 nitrogen and oxygen atoms in total. The molecule has 2 rings (SSSR count). The molecule has 1 atom stereocenters. The van der Waals surface area contributed by atoms with Gasteiger partial charge in [-0.15, -0.1) is 10.2 Å². The number of nitrogens with one attached hydrogen (secondary N) is 1. The van der Waals surface area contributed by atoms with E-state index in [9.17, 15) is 0 Å². The van der Waals surface area contributed by atoms with Gasteiger partial charge >= 0.3 is 0 Å². The molecule has 0 spiro atoms. The van der Waals surface area contributed by atoms with Gasteiger partial charge in [-0.2, -0.15) is 0 Å². The van der Waals surface area contributed by atoms with Crippen molar-refractivity contribution in [3.05, 3.63) is 12.2 Å². The Morgan fingerprint density at radius 1 is 1.71 bits per heavy atom. The standard InChI is InChI=1S/C9H16N4O/c1-13-7-11-12-9(13)6-14-8-3-2-4-10-5-8/h7-8,10H,2-6H2,1H3. The molecule has 5 heteroatoms. The van der Waals surface area contributed by atoms with E-state index in [1.54, 1.807) is 6.33 Å². The largest absolute Gasteiger partial charge is 0.369 e. The molecular weight excluding hydrogens is 180 g/mol. The van der Waals surface area contributed by atoms with Gasteiger partial charge in [0.15, 0.2) is 5.82 Å². The molecule has 0 bridgehead atoms. The Labute approximate surface area is 83.5 Å². The second-order valence-electron chi connectivity index (χ2n) is 3.64. The van der Waals surface area contributed by atoms with Gasteiger partial charge in [0.25, 0.3) is 0 Å². The van der Waals surface area contributed by atoms with E-state index in [0.717, 1.165) is 25.3 Å². The predicted octanol–water partition coefficient (Wildman–Crippen LogP) is 0.0837.